The summed E-state index contributed by atoms with van der Waals surface area (Å²) in [5.41, 5.74) is 1.38. The Bertz CT molecular complexity index is 252. The zero-order chi connectivity index (χ0) is 10.6. The number of rotatable bonds is 5. The second-order valence-electron chi connectivity index (χ2n) is 4.44. The summed E-state index contributed by atoms with van der Waals surface area (Å²) in [6.07, 6.45) is 3.48. The van der Waals surface area contributed by atoms with Gasteiger partial charge in [0, 0.05) is 24.2 Å². The van der Waals surface area contributed by atoms with E-state index in [1.807, 2.05) is 6.07 Å². The van der Waals surface area contributed by atoms with Gasteiger partial charge in [-0.05, 0) is 34.0 Å². The molecule has 0 spiro atoms. The predicted octanol–water partition coefficient (Wildman–Crippen LogP) is 1.71. The molecule has 1 heterocycles. The Morgan fingerprint density at radius 1 is 1.43 bits per heavy atom. The number of hydrogen-bond donors (Lipinski definition) is 1. The van der Waals surface area contributed by atoms with E-state index in [2.05, 4.69) is 38.2 Å². The van der Waals surface area contributed by atoms with Crippen LogP contribution >= 0.6 is 0 Å². The summed E-state index contributed by atoms with van der Waals surface area (Å²) in [4.78, 5) is 2.22. The Morgan fingerprint density at radius 3 is 2.64 bits per heavy atom. The molecule has 0 amide bonds. The molecule has 0 radical (unpaired) electrons. The SMILES string of the molecule is CN(C)C(C)(C)CNCc1ccoc1. The topological polar surface area (TPSA) is 28.4 Å². The van der Waals surface area contributed by atoms with Gasteiger partial charge in [0.25, 0.3) is 0 Å². The van der Waals surface area contributed by atoms with Gasteiger partial charge in [-0.25, -0.2) is 0 Å². The van der Waals surface area contributed by atoms with Crippen molar-refractivity contribution in [2.75, 3.05) is 20.6 Å². The van der Waals surface area contributed by atoms with E-state index in [4.69, 9.17) is 4.42 Å². The fraction of sp³-hybridized carbons (Fsp3) is 0.636. The van der Waals surface area contributed by atoms with Crippen molar-refractivity contribution in [3.8, 4) is 0 Å². The highest BCUT2D eigenvalue weighted by Gasteiger charge is 2.19. The third-order valence-electron chi connectivity index (χ3n) is 2.68. The number of nitrogens with zero attached hydrogens (tertiary/aromatic N) is 1. The molecule has 80 valence electrons. The Balaban J connectivity index is 2.28. The van der Waals surface area contributed by atoms with Crippen LogP contribution in [0.15, 0.2) is 23.0 Å². The van der Waals surface area contributed by atoms with Crippen LogP contribution in [-0.2, 0) is 6.54 Å². The molecule has 0 aliphatic rings. The van der Waals surface area contributed by atoms with Crippen molar-refractivity contribution in [1.29, 1.82) is 0 Å². The Hall–Kier alpha value is -0.800. The zero-order valence-electron chi connectivity index (χ0n) is 9.50. The third kappa shape index (κ3) is 3.16. The molecule has 1 aromatic rings. The van der Waals surface area contributed by atoms with Crippen molar-refractivity contribution in [3.05, 3.63) is 24.2 Å². The second kappa shape index (κ2) is 4.62. The summed E-state index contributed by atoms with van der Waals surface area (Å²) in [6, 6.07) is 1.98. The van der Waals surface area contributed by atoms with Gasteiger partial charge in [-0.1, -0.05) is 0 Å². The molecule has 0 fully saturated rings. The van der Waals surface area contributed by atoms with Gasteiger partial charge < -0.3 is 14.6 Å². The number of hydrogen-bond acceptors (Lipinski definition) is 3. The lowest BCUT2D eigenvalue weighted by Gasteiger charge is -2.32. The summed E-state index contributed by atoms with van der Waals surface area (Å²) in [5, 5.41) is 3.41. The van der Waals surface area contributed by atoms with E-state index in [-0.39, 0.29) is 5.54 Å². The molecule has 0 saturated carbocycles. The summed E-state index contributed by atoms with van der Waals surface area (Å²) >= 11 is 0. The molecule has 14 heavy (non-hydrogen) atoms. The molecule has 1 aromatic heterocycles. The van der Waals surface area contributed by atoms with Crippen LogP contribution in [0.2, 0.25) is 0 Å². The first-order valence-electron chi connectivity index (χ1n) is 4.91. The van der Waals surface area contributed by atoms with E-state index in [9.17, 15) is 0 Å². The van der Waals surface area contributed by atoms with E-state index in [1.165, 1.54) is 5.56 Å². The maximum atomic E-state index is 4.99. The quantitative estimate of drug-likeness (QED) is 0.777. The molecular formula is C11H20N2O. The highest BCUT2D eigenvalue weighted by Crippen LogP contribution is 2.08. The number of likely N-dealkylation sites (N-methyl/N-ethyl adjacent to an activating group) is 1. The summed E-state index contributed by atoms with van der Waals surface area (Å²) < 4.78 is 4.99. The van der Waals surface area contributed by atoms with Gasteiger partial charge in [0.2, 0.25) is 0 Å². The number of furan rings is 1. The maximum absolute atomic E-state index is 4.99. The molecule has 1 rings (SSSR count). The molecule has 0 aromatic carbocycles. The van der Waals surface area contributed by atoms with Gasteiger partial charge in [0.1, 0.15) is 0 Å². The predicted molar refractivity (Wildman–Crippen MR) is 58.2 cm³/mol. The smallest absolute Gasteiger partial charge is 0.0947 e. The third-order valence-corrected chi connectivity index (χ3v) is 2.68. The summed E-state index contributed by atoms with van der Waals surface area (Å²) in [7, 11) is 4.19. The van der Waals surface area contributed by atoms with Crippen LogP contribution in [0.4, 0.5) is 0 Å². The largest absolute Gasteiger partial charge is 0.472 e. The van der Waals surface area contributed by atoms with E-state index in [0.717, 1.165) is 13.1 Å². The lowest BCUT2D eigenvalue weighted by atomic mass is 10.0. The Labute approximate surface area is 86.1 Å². The zero-order valence-corrected chi connectivity index (χ0v) is 9.50. The highest BCUT2D eigenvalue weighted by atomic mass is 16.3. The van der Waals surface area contributed by atoms with E-state index >= 15 is 0 Å². The first kappa shape index (κ1) is 11.3. The van der Waals surface area contributed by atoms with Gasteiger partial charge in [-0.3, -0.25) is 0 Å². The van der Waals surface area contributed by atoms with Crippen LogP contribution < -0.4 is 5.32 Å². The lowest BCUT2D eigenvalue weighted by Crippen LogP contribution is -2.46. The fourth-order valence-electron chi connectivity index (χ4n) is 1.06. The maximum Gasteiger partial charge on any atom is 0.0947 e. The summed E-state index contributed by atoms with van der Waals surface area (Å²) in [5.74, 6) is 0. The van der Waals surface area contributed by atoms with Crippen LogP contribution in [0.25, 0.3) is 0 Å². The van der Waals surface area contributed by atoms with Crippen LogP contribution in [-0.4, -0.2) is 31.1 Å². The minimum Gasteiger partial charge on any atom is -0.472 e. The first-order valence-corrected chi connectivity index (χ1v) is 4.91. The molecule has 0 bridgehead atoms. The minimum absolute atomic E-state index is 0.184. The van der Waals surface area contributed by atoms with Crippen molar-refractivity contribution in [3.63, 3.8) is 0 Å². The molecule has 1 N–H and O–H groups in total. The van der Waals surface area contributed by atoms with Crippen LogP contribution in [0.5, 0.6) is 0 Å². The van der Waals surface area contributed by atoms with Gasteiger partial charge in [-0.2, -0.15) is 0 Å². The number of nitrogens with one attached hydrogen (secondary N) is 1. The van der Waals surface area contributed by atoms with E-state index < -0.39 is 0 Å². The lowest BCUT2D eigenvalue weighted by molar-refractivity contribution is 0.189. The monoisotopic (exact) mass is 196 g/mol. The Morgan fingerprint density at radius 2 is 2.14 bits per heavy atom. The van der Waals surface area contributed by atoms with Crippen molar-refractivity contribution >= 4 is 0 Å². The molecule has 0 atom stereocenters. The molecule has 0 aliphatic carbocycles. The van der Waals surface area contributed by atoms with E-state index in [0.29, 0.717) is 0 Å². The minimum atomic E-state index is 0.184. The van der Waals surface area contributed by atoms with Crippen molar-refractivity contribution in [1.82, 2.24) is 10.2 Å². The summed E-state index contributed by atoms with van der Waals surface area (Å²) in [6.45, 7) is 6.27. The first-order chi connectivity index (χ1) is 6.52. The van der Waals surface area contributed by atoms with Crippen molar-refractivity contribution in [2.45, 2.75) is 25.9 Å². The average molecular weight is 196 g/mol. The molecule has 0 saturated heterocycles. The standard InChI is InChI=1S/C11H20N2O/c1-11(2,13(3)4)9-12-7-10-5-6-14-8-10/h5-6,8,12H,7,9H2,1-4H3. The molecule has 3 nitrogen and oxygen atoms in total. The Kier molecular flexibility index (Phi) is 3.72. The molecule has 0 aliphatic heterocycles. The highest BCUT2D eigenvalue weighted by molar-refractivity contribution is 5.04. The van der Waals surface area contributed by atoms with Crippen molar-refractivity contribution in [2.24, 2.45) is 0 Å². The van der Waals surface area contributed by atoms with Gasteiger partial charge in [0.15, 0.2) is 0 Å². The average Bonchev–Trinajstić information content (AvgIpc) is 2.56. The molecule has 0 unspecified atom stereocenters. The van der Waals surface area contributed by atoms with Gasteiger partial charge >= 0.3 is 0 Å². The van der Waals surface area contributed by atoms with Crippen LogP contribution in [0.1, 0.15) is 19.4 Å². The normalized spacial score (nSPS) is 12.4. The molecular weight excluding hydrogens is 176 g/mol. The second-order valence-corrected chi connectivity index (χ2v) is 4.44. The fourth-order valence-corrected chi connectivity index (χ4v) is 1.06. The van der Waals surface area contributed by atoms with Gasteiger partial charge in [-0.15, -0.1) is 0 Å². The van der Waals surface area contributed by atoms with Crippen LogP contribution in [0, 0.1) is 0 Å². The van der Waals surface area contributed by atoms with Gasteiger partial charge in [0.05, 0.1) is 12.5 Å². The molecule has 3 heteroatoms. The van der Waals surface area contributed by atoms with Crippen molar-refractivity contribution < 1.29 is 4.42 Å². The van der Waals surface area contributed by atoms with Crippen LogP contribution in [0.3, 0.4) is 0 Å². The van der Waals surface area contributed by atoms with E-state index in [1.54, 1.807) is 12.5 Å².